The molecule has 1 aliphatic rings. The zero-order chi connectivity index (χ0) is 17.9. The number of hydrogen-bond acceptors (Lipinski definition) is 5. The maximum Gasteiger partial charge on any atom is 0.241 e. The molecule has 134 valence electrons. The first-order chi connectivity index (χ1) is 11.2. The molecule has 8 heteroatoms. The Bertz CT molecular complexity index is 664. The molecule has 1 aromatic carbocycles. The fourth-order valence-electron chi connectivity index (χ4n) is 2.74. The van der Waals surface area contributed by atoms with Crippen molar-refractivity contribution in [2.24, 2.45) is 0 Å². The number of carbonyl (C=O) groups excluding carboxylic acids is 1. The molecule has 3 atom stereocenters. The Morgan fingerprint density at radius 3 is 2.29 bits per heavy atom. The summed E-state index contributed by atoms with van der Waals surface area (Å²) in [6.45, 7) is 6.24. The topological polar surface area (TPSA) is 84.9 Å². The van der Waals surface area contributed by atoms with E-state index >= 15 is 0 Å². The number of carbonyl (C=O) groups is 1. The molecule has 2 rings (SSSR count). The first kappa shape index (κ1) is 18.7. The minimum atomic E-state index is -3.78. The van der Waals surface area contributed by atoms with E-state index in [1.54, 1.807) is 24.0 Å². The van der Waals surface area contributed by atoms with Gasteiger partial charge in [0.15, 0.2) is 0 Å². The highest BCUT2D eigenvalue weighted by Crippen LogP contribution is 2.17. The molecule has 0 unspecified atom stereocenters. The predicted molar refractivity (Wildman–Crippen MR) is 89.4 cm³/mol. The molecule has 0 aromatic heterocycles. The first-order valence-corrected chi connectivity index (χ1v) is 9.32. The third-order valence-corrected chi connectivity index (χ3v) is 5.36. The van der Waals surface area contributed by atoms with Gasteiger partial charge in [-0.2, -0.15) is 4.72 Å². The molecule has 0 bridgehead atoms. The van der Waals surface area contributed by atoms with Gasteiger partial charge in [0.05, 0.1) is 30.3 Å². The molecule has 1 heterocycles. The summed E-state index contributed by atoms with van der Waals surface area (Å²) in [5, 5.41) is 0. The molecule has 24 heavy (non-hydrogen) atoms. The van der Waals surface area contributed by atoms with Gasteiger partial charge in [0.1, 0.15) is 5.75 Å². The summed E-state index contributed by atoms with van der Waals surface area (Å²) in [7, 11) is -2.27. The van der Waals surface area contributed by atoms with Gasteiger partial charge in [-0.15, -0.1) is 0 Å². The standard InChI is InChI=1S/C16H24N2O5S/c1-11-9-18(10-12(2)23-11)16(19)13(3)17-24(20,21)15-7-5-14(22-4)6-8-15/h5-8,11-13,17H,9-10H2,1-4H3/t11-,12-,13+/m1/s1. The maximum atomic E-state index is 12.5. The fraction of sp³-hybridized carbons (Fsp3) is 0.562. The zero-order valence-electron chi connectivity index (χ0n) is 14.4. The number of morpholine rings is 1. The summed E-state index contributed by atoms with van der Waals surface area (Å²) in [4.78, 5) is 14.3. The Labute approximate surface area is 143 Å². The summed E-state index contributed by atoms with van der Waals surface area (Å²) in [6.07, 6.45) is -0.133. The van der Waals surface area contributed by atoms with Crippen molar-refractivity contribution in [1.82, 2.24) is 9.62 Å². The minimum absolute atomic E-state index is 0.0666. The third kappa shape index (κ3) is 4.46. The van der Waals surface area contributed by atoms with Gasteiger partial charge < -0.3 is 14.4 Å². The van der Waals surface area contributed by atoms with Crippen molar-refractivity contribution in [3.05, 3.63) is 24.3 Å². The van der Waals surface area contributed by atoms with E-state index in [0.717, 1.165) is 0 Å². The summed E-state index contributed by atoms with van der Waals surface area (Å²) >= 11 is 0. The van der Waals surface area contributed by atoms with E-state index in [9.17, 15) is 13.2 Å². The molecule has 0 aliphatic carbocycles. The average molecular weight is 356 g/mol. The molecular formula is C16H24N2O5S. The van der Waals surface area contributed by atoms with E-state index in [2.05, 4.69) is 4.72 Å². The van der Waals surface area contributed by atoms with Gasteiger partial charge in [0.2, 0.25) is 15.9 Å². The van der Waals surface area contributed by atoms with Crippen molar-refractivity contribution in [1.29, 1.82) is 0 Å². The number of nitrogens with one attached hydrogen (secondary N) is 1. The number of rotatable bonds is 5. The van der Waals surface area contributed by atoms with E-state index in [1.807, 2.05) is 13.8 Å². The lowest BCUT2D eigenvalue weighted by molar-refractivity contribution is -0.144. The summed E-state index contributed by atoms with van der Waals surface area (Å²) in [6, 6.07) is 5.15. The summed E-state index contributed by atoms with van der Waals surface area (Å²) in [5.41, 5.74) is 0. The van der Waals surface area contributed by atoms with Gasteiger partial charge in [-0.05, 0) is 45.0 Å². The molecule has 1 fully saturated rings. The van der Waals surface area contributed by atoms with Gasteiger partial charge in [0, 0.05) is 13.1 Å². The van der Waals surface area contributed by atoms with Crippen molar-refractivity contribution >= 4 is 15.9 Å². The van der Waals surface area contributed by atoms with E-state index in [1.165, 1.54) is 19.2 Å². The largest absolute Gasteiger partial charge is 0.497 e. The van der Waals surface area contributed by atoms with Crippen LogP contribution in [0.1, 0.15) is 20.8 Å². The number of sulfonamides is 1. The number of nitrogens with zero attached hydrogens (tertiary/aromatic N) is 1. The molecule has 0 spiro atoms. The van der Waals surface area contributed by atoms with Crippen LogP contribution in [0, 0.1) is 0 Å². The molecule has 1 saturated heterocycles. The van der Waals surface area contributed by atoms with Crippen molar-refractivity contribution in [2.45, 2.75) is 43.9 Å². The van der Waals surface area contributed by atoms with Crippen LogP contribution in [-0.4, -0.2) is 57.7 Å². The Hall–Kier alpha value is -1.64. The molecule has 0 saturated carbocycles. The number of methoxy groups -OCH3 is 1. The zero-order valence-corrected chi connectivity index (χ0v) is 15.2. The molecule has 1 aromatic rings. The summed E-state index contributed by atoms with van der Waals surface area (Å²) in [5.74, 6) is 0.309. The SMILES string of the molecule is COc1ccc(S(=O)(=O)N[C@@H](C)C(=O)N2C[C@@H](C)O[C@H](C)C2)cc1. The van der Waals surface area contributed by atoms with Crippen LogP contribution >= 0.6 is 0 Å². The van der Waals surface area contributed by atoms with Gasteiger partial charge in [-0.1, -0.05) is 0 Å². The van der Waals surface area contributed by atoms with Crippen LogP contribution in [0.25, 0.3) is 0 Å². The lowest BCUT2D eigenvalue weighted by Gasteiger charge is -2.36. The van der Waals surface area contributed by atoms with E-state index < -0.39 is 16.1 Å². The Balaban J connectivity index is 2.06. The second kappa shape index (κ2) is 7.50. The lowest BCUT2D eigenvalue weighted by atomic mass is 10.2. The normalized spacial score (nSPS) is 22.9. The van der Waals surface area contributed by atoms with Crippen molar-refractivity contribution in [3.8, 4) is 5.75 Å². The summed E-state index contributed by atoms with van der Waals surface area (Å²) < 4.78 is 37.9. The van der Waals surface area contributed by atoms with Crippen LogP contribution in [0.5, 0.6) is 5.75 Å². The van der Waals surface area contributed by atoms with Crippen molar-refractivity contribution in [2.75, 3.05) is 20.2 Å². The second-order valence-corrected chi connectivity index (χ2v) is 7.73. The fourth-order valence-corrected chi connectivity index (χ4v) is 3.93. The van der Waals surface area contributed by atoms with Gasteiger partial charge >= 0.3 is 0 Å². The molecule has 0 radical (unpaired) electrons. The Morgan fingerprint density at radius 1 is 1.25 bits per heavy atom. The van der Waals surface area contributed by atoms with Crippen LogP contribution in [0.2, 0.25) is 0 Å². The Kier molecular flexibility index (Phi) is 5.84. The number of ether oxygens (including phenoxy) is 2. The van der Waals surface area contributed by atoms with Crippen LogP contribution < -0.4 is 9.46 Å². The molecule has 1 aliphatic heterocycles. The van der Waals surface area contributed by atoms with Crippen molar-refractivity contribution in [3.63, 3.8) is 0 Å². The van der Waals surface area contributed by atoms with Gasteiger partial charge in [0.25, 0.3) is 0 Å². The number of benzene rings is 1. The van der Waals surface area contributed by atoms with Crippen LogP contribution in [-0.2, 0) is 19.6 Å². The average Bonchev–Trinajstić information content (AvgIpc) is 2.52. The predicted octanol–water partition coefficient (Wildman–Crippen LogP) is 0.998. The molecular weight excluding hydrogens is 332 g/mol. The highest BCUT2D eigenvalue weighted by molar-refractivity contribution is 7.89. The highest BCUT2D eigenvalue weighted by Gasteiger charge is 2.30. The minimum Gasteiger partial charge on any atom is -0.497 e. The lowest BCUT2D eigenvalue weighted by Crippen LogP contribution is -2.54. The van der Waals surface area contributed by atoms with E-state index in [4.69, 9.17) is 9.47 Å². The highest BCUT2D eigenvalue weighted by atomic mass is 32.2. The number of amides is 1. The van der Waals surface area contributed by atoms with Crippen molar-refractivity contribution < 1.29 is 22.7 Å². The second-order valence-electron chi connectivity index (χ2n) is 6.02. The molecule has 7 nitrogen and oxygen atoms in total. The van der Waals surface area contributed by atoms with Crippen LogP contribution in [0.4, 0.5) is 0 Å². The maximum absolute atomic E-state index is 12.5. The number of hydrogen-bond donors (Lipinski definition) is 1. The quantitative estimate of drug-likeness (QED) is 0.851. The first-order valence-electron chi connectivity index (χ1n) is 7.83. The van der Waals surface area contributed by atoms with E-state index in [0.29, 0.717) is 18.8 Å². The monoisotopic (exact) mass is 356 g/mol. The van der Waals surface area contributed by atoms with Crippen LogP contribution in [0.3, 0.4) is 0 Å². The third-order valence-electron chi connectivity index (χ3n) is 3.80. The molecule has 1 amide bonds. The smallest absolute Gasteiger partial charge is 0.241 e. The van der Waals surface area contributed by atoms with Gasteiger partial charge in [-0.3, -0.25) is 4.79 Å². The Morgan fingerprint density at radius 2 is 1.79 bits per heavy atom. The van der Waals surface area contributed by atoms with Crippen LogP contribution in [0.15, 0.2) is 29.2 Å². The van der Waals surface area contributed by atoms with Gasteiger partial charge in [-0.25, -0.2) is 8.42 Å². The van der Waals surface area contributed by atoms with E-state index in [-0.39, 0.29) is 23.0 Å². The molecule has 1 N–H and O–H groups in total.